The first-order chi connectivity index (χ1) is 12.1. The number of phenolic OH excluding ortho intramolecular Hbond substituents is 1. The van der Waals surface area contributed by atoms with E-state index < -0.39 is 0 Å². The molecule has 0 amide bonds. The summed E-state index contributed by atoms with van der Waals surface area (Å²) in [5.74, 6) is 0.583. The van der Waals surface area contributed by atoms with Crippen LogP contribution in [0.25, 0.3) is 0 Å². The maximum atomic E-state index is 12.1. The van der Waals surface area contributed by atoms with Crippen molar-refractivity contribution in [3.63, 3.8) is 0 Å². The van der Waals surface area contributed by atoms with Crippen LogP contribution in [-0.2, 0) is 13.2 Å². The highest BCUT2D eigenvalue weighted by atomic mass is 16.5. The van der Waals surface area contributed by atoms with Gasteiger partial charge in [-0.3, -0.25) is 9.59 Å². The number of aromatic nitrogens is 3. The van der Waals surface area contributed by atoms with Crippen LogP contribution in [0.5, 0.6) is 11.5 Å². The number of aromatic hydroxyl groups is 1. The Hall–Kier alpha value is -3.48. The van der Waals surface area contributed by atoms with Crippen molar-refractivity contribution in [1.82, 2.24) is 15.0 Å². The Bertz CT molecular complexity index is 870. The molecule has 0 aliphatic carbocycles. The maximum Gasteiger partial charge on any atom is 0.184 e. The van der Waals surface area contributed by atoms with Crippen LogP contribution in [0.4, 0.5) is 0 Å². The molecule has 1 heterocycles. The molecule has 126 valence electrons. The molecule has 0 saturated heterocycles. The Morgan fingerprint density at radius 1 is 1.12 bits per heavy atom. The summed E-state index contributed by atoms with van der Waals surface area (Å²) in [4.78, 5) is 22.7. The Morgan fingerprint density at radius 2 is 1.84 bits per heavy atom. The smallest absolute Gasteiger partial charge is 0.184 e. The zero-order chi connectivity index (χ0) is 17.6. The zero-order valence-electron chi connectivity index (χ0n) is 13.2. The minimum atomic E-state index is -0.137. The van der Waals surface area contributed by atoms with Gasteiger partial charge in [-0.05, 0) is 48.5 Å². The van der Waals surface area contributed by atoms with Crippen molar-refractivity contribution in [3.8, 4) is 11.5 Å². The first-order valence-electron chi connectivity index (χ1n) is 7.53. The summed E-state index contributed by atoms with van der Waals surface area (Å²) in [5, 5.41) is 17.1. The van der Waals surface area contributed by atoms with Crippen molar-refractivity contribution in [3.05, 3.63) is 71.5 Å². The summed E-state index contributed by atoms with van der Waals surface area (Å²) >= 11 is 0. The number of phenols is 1. The van der Waals surface area contributed by atoms with Gasteiger partial charge in [-0.15, -0.1) is 5.10 Å². The number of nitrogens with zero attached hydrogens (tertiary/aromatic N) is 3. The number of hydrogen-bond acceptors (Lipinski definition) is 6. The lowest BCUT2D eigenvalue weighted by Gasteiger charge is -2.03. The van der Waals surface area contributed by atoms with Crippen LogP contribution in [0, 0.1) is 0 Å². The number of ether oxygens (including phenoxy) is 1. The molecule has 0 radical (unpaired) electrons. The fourth-order valence-corrected chi connectivity index (χ4v) is 2.17. The Morgan fingerprint density at radius 3 is 2.52 bits per heavy atom. The highest BCUT2D eigenvalue weighted by molar-refractivity contribution is 5.95. The van der Waals surface area contributed by atoms with E-state index >= 15 is 0 Å². The SMILES string of the molecule is O=Cc1ccc(OCc2cn(CC(=O)c3ccc(O)cc3)nn2)cc1. The molecule has 0 atom stereocenters. The number of hydrogen-bond donors (Lipinski definition) is 1. The van der Waals surface area contributed by atoms with Crippen LogP contribution in [0.1, 0.15) is 26.4 Å². The third kappa shape index (κ3) is 4.29. The normalized spacial score (nSPS) is 10.4. The van der Waals surface area contributed by atoms with Gasteiger partial charge in [0.15, 0.2) is 5.78 Å². The Kier molecular flexibility index (Phi) is 4.84. The molecule has 25 heavy (non-hydrogen) atoms. The van der Waals surface area contributed by atoms with E-state index in [0.717, 1.165) is 6.29 Å². The van der Waals surface area contributed by atoms with Crippen LogP contribution in [0.3, 0.4) is 0 Å². The number of benzene rings is 2. The molecular formula is C18H15N3O4. The molecule has 3 rings (SSSR count). The average Bonchev–Trinajstić information content (AvgIpc) is 3.08. The average molecular weight is 337 g/mol. The van der Waals surface area contributed by atoms with Crippen molar-refractivity contribution in [2.75, 3.05) is 0 Å². The summed E-state index contributed by atoms with van der Waals surface area (Å²) in [6.07, 6.45) is 2.40. The van der Waals surface area contributed by atoms with Crippen molar-refractivity contribution >= 4 is 12.1 Å². The summed E-state index contributed by atoms with van der Waals surface area (Å²) in [6.45, 7) is 0.250. The quantitative estimate of drug-likeness (QED) is 0.525. The van der Waals surface area contributed by atoms with Gasteiger partial charge in [-0.2, -0.15) is 0 Å². The third-order valence-corrected chi connectivity index (χ3v) is 3.48. The molecule has 1 N–H and O–H groups in total. The van der Waals surface area contributed by atoms with Gasteiger partial charge in [0.05, 0.1) is 6.20 Å². The number of ketones is 1. The first kappa shape index (κ1) is 16.4. The number of carbonyl (C=O) groups excluding carboxylic acids is 2. The molecule has 7 nitrogen and oxygen atoms in total. The van der Waals surface area contributed by atoms with Gasteiger partial charge in [0, 0.05) is 11.1 Å². The highest BCUT2D eigenvalue weighted by Gasteiger charge is 2.09. The molecule has 2 aromatic carbocycles. The molecule has 0 aliphatic heterocycles. The molecule has 0 unspecified atom stereocenters. The maximum absolute atomic E-state index is 12.1. The molecule has 3 aromatic rings. The van der Waals surface area contributed by atoms with E-state index in [4.69, 9.17) is 4.74 Å². The Labute approximate surface area is 143 Å². The van der Waals surface area contributed by atoms with Crippen LogP contribution in [-0.4, -0.2) is 32.2 Å². The van der Waals surface area contributed by atoms with Crippen molar-refractivity contribution in [1.29, 1.82) is 0 Å². The van der Waals surface area contributed by atoms with Gasteiger partial charge in [0.25, 0.3) is 0 Å². The molecule has 0 aliphatic rings. The summed E-state index contributed by atoms with van der Waals surface area (Å²) in [5.41, 5.74) is 1.64. The van der Waals surface area contributed by atoms with Crippen LogP contribution in [0.15, 0.2) is 54.7 Å². The number of rotatable bonds is 7. The summed E-state index contributed by atoms with van der Waals surface area (Å²) in [6, 6.07) is 12.8. The van der Waals surface area contributed by atoms with Crippen LogP contribution in [0.2, 0.25) is 0 Å². The van der Waals surface area contributed by atoms with E-state index in [1.54, 1.807) is 42.6 Å². The predicted octanol–water partition coefficient (Wildman–Crippen LogP) is 2.26. The van der Waals surface area contributed by atoms with Gasteiger partial charge < -0.3 is 9.84 Å². The minimum absolute atomic E-state index is 0.0474. The molecule has 0 saturated carbocycles. The fraction of sp³-hybridized carbons (Fsp3) is 0.111. The number of Topliss-reactive ketones (excluding diaryl/α,β-unsaturated/α-hetero) is 1. The topological polar surface area (TPSA) is 94.3 Å². The monoisotopic (exact) mass is 337 g/mol. The second-order valence-corrected chi connectivity index (χ2v) is 5.35. The van der Waals surface area contributed by atoms with Crippen molar-refractivity contribution < 1.29 is 19.4 Å². The second-order valence-electron chi connectivity index (χ2n) is 5.35. The summed E-state index contributed by atoms with van der Waals surface area (Å²) < 4.78 is 7.00. The van der Waals surface area contributed by atoms with E-state index in [0.29, 0.717) is 22.6 Å². The second kappa shape index (κ2) is 7.39. The van der Waals surface area contributed by atoms with E-state index in [2.05, 4.69) is 10.3 Å². The van der Waals surface area contributed by atoms with Crippen molar-refractivity contribution in [2.24, 2.45) is 0 Å². The van der Waals surface area contributed by atoms with Crippen LogP contribution < -0.4 is 4.74 Å². The van der Waals surface area contributed by atoms with E-state index in [1.807, 2.05) is 0 Å². The molecule has 7 heteroatoms. The largest absolute Gasteiger partial charge is 0.508 e. The van der Waals surface area contributed by atoms with Crippen LogP contribution >= 0.6 is 0 Å². The lowest BCUT2D eigenvalue weighted by atomic mass is 10.1. The minimum Gasteiger partial charge on any atom is -0.508 e. The zero-order valence-corrected chi connectivity index (χ0v) is 13.2. The van der Waals surface area contributed by atoms with Gasteiger partial charge >= 0.3 is 0 Å². The Balaban J connectivity index is 1.57. The van der Waals surface area contributed by atoms with Gasteiger partial charge in [0.2, 0.25) is 0 Å². The molecule has 1 aromatic heterocycles. The van der Waals surface area contributed by atoms with E-state index in [9.17, 15) is 14.7 Å². The van der Waals surface area contributed by atoms with E-state index in [1.165, 1.54) is 16.8 Å². The van der Waals surface area contributed by atoms with Crippen molar-refractivity contribution in [2.45, 2.75) is 13.2 Å². The molecule has 0 bridgehead atoms. The first-order valence-corrected chi connectivity index (χ1v) is 7.53. The molecule has 0 fully saturated rings. The third-order valence-electron chi connectivity index (χ3n) is 3.48. The van der Waals surface area contributed by atoms with Gasteiger partial charge in [0.1, 0.15) is 36.6 Å². The standard InChI is InChI=1S/C18H15N3O4/c22-11-13-1-7-17(8-2-13)25-12-15-9-21(20-19-15)10-18(24)14-3-5-16(23)6-4-14/h1-9,11,23H,10,12H2. The highest BCUT2D eigenvalue weighted by Crippen LogP contribution is 2.13. The number of aldehydes is 1. The number of carbonyl (C=O) groups is 2. The van der Waals surface area contributed by atoms with Gasteiger partial charge in [-0.1, -0.05) is 5.21 Å². The van der Waals surface area contributed by atoms with Gasteiger partial charge in [-0.25, -0.2) is 4.68 Å². The molecule has 0 spiro atoms. The van der Waals surface area contributed by atoms with E-state index in [-0.39, 0.29) is 24.7 Å². The lowest BCUT2D eigenvalue weighted by Crippen LogP contribution is -2.10. The molecular weight excluding hydrogens is 322 g/mol. The lowest BCUT2D eigenvalue weighted by molar-refractivity contribution is 0.0966. The predicted molar refractivity (Wildman–Crippen MR) is 88.6 cm³/mol. The fourth-order valence-electron chi connectivity index (χ4n) is 2.17. The summed E-state index contributed by atoms with van der Waals surface area (Å²) in [7, 11) is 0.